The summed E-state index contributed by atoms with van der Waals surface area (Å²) in [5.41, 5.74) is -1.48. The molecule has 0 radical (unpaired) electrons. The normalized spacial score (nSPS) is 23.2. The van der Waals surface area contributed by atoms with Gasteiger partial charge in [0.05, 0.1) is 24.7 Å². The number of carbonyl (C=O) groups is 3. The van der Waals surface area contributed by atoms with Crippen LogP contribution in [-0.4, -0.2) is 52.9 Å². The Bertz CT molecular complexity index is 664. The minimum Gasteiger partial charge on any atom is -0.469 e. The summed E-state index contributed by atoms with van der Waals surface area (Å²) >= 11 is 0. The Morgan fingerprint density at radius 3 is 2.63 bits per heavy atom. The number of unbranched alkanes of at least 4 members (excludes halogenated alkanes) is 3. The SMILES string of the molecule is CCCCC/C=C\CC1(O)C=CC(=O)C1C(O)/C=C/[C@@H](CCC(=O)OC)OC(C)=O. The van der Waals surface area contributed by atoms with Gasteiger partial charge in [-0.1, -0.05) is 38.0 Å². The van der Waals surface area contributed by atoms with Gasteiger partial charge in [-0.05, 0) is 43.9 Å². The average Bonchev–Trinajstić information content (AvgIpc) is 3.00. The molecule has 2 N–H and O–H groups in total. The lowest BCUT2D eigenvalue weighted by atomic mass is 9.82. The molecular formula is C23H34O7. The quantitative estimate of drug-likeness (QED) is 0.267. The Morgan fingerprint density at radius 2 is 2.00 bits per heavy atom. The molecule has 7 nitrogen and oxygen atoms in total. The van der Waals surface area contributed by atoms with Crippen LogP contribution in [-0.2, 0) is 23.9 Å². The number of aliphatic hydroxyl groups is 2. The second-order valence-electron chi connectivity index (χ2n) is 7.51. The maximum absolute atomic E-state index is 12.3. The van der Waals surface area contributed by atoms with E-state index in [1.165, 1.54) is 38.3 Å². The van der Waals surface area contributed by atoms with Gasteiger partial charge in [0, 0.05) is 13.3 Å². The first-order valence-electron chi connectivity index (χ1n) is 10.4. The largest absolute Gasteiger partial charge is 0.469 e. The fraction of sp³-hybridized carbons (Fsp3) is 0.609. The Labute approximate surface area is 178 Å². The molecule has 1 aliphatic rings. The topological polar surface area (TPSA) is 110 Å². The van der Waals surface area contributed by atoms with Gasteiger partial charge in [-0.15, -0.1) is 0 Å². The van der Waals surface area contributed by atoms with E-state index in [2.05, 4.69) is 11.7 Å². The lowest BCUT2D eigenvalue weighted by Gasteiger charge is -2.29. The summed E-state index contributed by atoms with van der Waals surface area (Å²) in [6, 6.07) is 0. The first-order chi connectivity index (χ1) is 14.2. The molecule has 0 saturated carbocycles. The van der Waals surface area contributed by atoms with Crippen molar-refractivity contribution in [2.45, 2.75) is 76.6 Å². The maximum atomic E-state index is 12.3. The number of hydrogen-bond donors (Lipinski definition) is 2. The zero-order chi connectivity index (χ0) is 22.6. The van der Waals surface area contributed by atoms with E-state index in [9.17, 15) is 24.6 Å². The van der Waals surface area contributed by atoms with Crippen LogP contribution in [0.1, 0.15) is 58.8 Å². The van der Waals surface area contributed by atoms with E-state index in [1.54, 1.807) is 0 Å². The summed E-state index contributed by atoms with van der Waals surface area (Å²) < 4.78 is 9.71. The molecule has 0 fully saturated rings. The van der Waals surface area contributed by atoms with Crippen LogP contribution in [0.5, 0.6) is 0 Å². The number of ether oxygens (including phenoxy) is 2. The van der Waals surface area contributed by atoms with Crippen molar-refractivity contribution in [3.63, 3.8) is 0 Å². The first kappa shape index (κ1) is 25.8. The Morgan fingerprint density at radius 1 is 1.27 bits per heavy atom. The van der Waals surface area contributed by atoms with Crippen molar-refractivity contribution in [3.8, 4) is 0 Å². The summed E-state index contributed by atoms with van der Waals surface area (Å²) in [5, 5.41) is 21.5. The fourth-order valence-electron chi connectivity index (χ4n) is 3.36. The molecule has 0 amide bonds. The number of methoxy groups -OCH3 is 1. The molecule has 0 saturated heterocycles. The van der Waals surface area contributed by atoms with Gasteiger partial charge in [0.25, 0.3) is 0 Å². The summed E-state index contributed by atoms with van der Waals surface area (Å²) in [4.78, 5) is 34.9. The van der Waals surface area contributed by atoms with E-state index in [1.807, 2.05) is 12.2 Å². The number of allylic oxidation sites excluding steroid dienone is 2. The third-order valence-electron chi connectivity index (χ3n) is 5.01. The molecular weight excluding hydrogens is 388 g/mol. The number of rotatable bonds is 13. The molecule has 0 aliphatic heterocycles. The van der Waals surface area contributed by atoms with Crippen LogP contribution in [0.15, 0.2) is 36.5 Å². The Hall–Kier alpha value is -2.25. The van der Waals surface area contributed by atoms with Gasteiger partial charge >= 0.3 is 11.9 Å². The van der Waals surface area contributed by atoms with Gasteiger partial charge in [-0.2, -0.15) is 0 Å². The second kappa shape index (κ2) is 13.1. The number of aliphatic hydroxyl groups excluding tert-OH is 1. The molecule has 0 aromatic carbocycles. The van der Waals surface area contributed by atoms with E-state index in [4.69, 9.17) is 4.74 Å². The number of carbonyl (C=O) groups excluding carboxylic acids is 3. The van der Waals surface area contributed by atoms with Gasteiger partial charge < -0.3 is 19.7 Å². The Kier molecular flexibility index (Phi) is 11.3. The van der Waals surface area contributed by atoms with E-state index in [0.29, 0.717) is 0 Å². The smallest absolute Gasteiger partial charge is 0.305 e. The minimum atomic E-state index is -1.48. The van der Waals surface area contributed by atoms with E-state index in [-0.39, 0.29) is 25.0 Å². The third kappa shape index (κ3) is 8.63. The Balaban J connectivity index is 2.78. The summed E-state index contributed by atoms with van der Waals surface area (Å²) in [6.07, 6.45) is 11.9. The summed E-state index contributed by atoms with van der Waals surface area (Å²) in [6.45, 7) is 3.37. The van der Waals surface area contributed by atoms with Crippen molar-refractivity contribution >= 4 is 17.7 Å². The molecule has 1 aliphatic carbocycles. The van der Waals surface area contributed by atoms with Crippen LogP contribution >= 0.6 is 0 Å². The molecule has 168 valence electrons. The minimum absolute atomic E-state index is 0.0333. The molecule has 0 aromatic rings. The molecule has 1 rings (SSSR count). The monoisotopic (exact) mass is 422 g/mol. The van der Waals surface area contributed by atoms with Gasteiger partial charge in [0.1, 0.15) is 6.10 Å². The van der Waals surface area contributed by atoms with Crippen molar-refractivity contribution in [2.75, 3.05) is 7.11 Å². The van der Waals surface area contributed by atoms with E-state index in [0.717, 1.165) is 25.7 Å². The number of hydrogen-bond acceptors (Lipinski definition) is 7. The van der Waals surface area contributed by atoms with Crippen LogP contribution in [0.4, 0.5) is 0 Å². The highest BCUT2D eigenvalue weighted by atomic mass is 16.5. The first-order valence-corrected chi connectivity index (χ1v) is 10.4. The highest BCUT2D eigenvalue weighted by Crippen LogP contribution is 2.34. The number of esters is 2. The average molecular weight is 423 g/mol. The third-order valence-corrected chi connectivity index (χ3v) is 5.01. The van der Waals surface area contributed by atoms with Crippen molar-refractivity contribution in [1.82, 2.24) is 0 Å². The molecule has 30 heavy (non-hydrogen) atoms. The molecule has 0 spiro atoms. The lowest BCUT2D eigenvalue weighted by Crippen LogP contribution is -2.42. The summed E-state index contributed by atoms with van der Waals surface area (Å²) in [7, 11) is 1.26. The maximum Gasteiger partial charge on any atom is 0.305 e. The van der Waals surface area contributed by atoms with Crippen molar-refractivity contribution in [3.05, 3.63) is 36.5 Å². The van der Waals surface area contributed by atoms with Crippen molar-refractivity contribution < 1.29 is 34.1 Å². The highest BCUT2D eigenvalue weighted by molar-refractivity contribution is 5.96. The standard InChI is InChI=1S/C23H34O7/c1-4-5-6-7-8-9-15-23(28)16-14-20(26)22(23)19(25)12-10-18(30-17(2)24)11-13-21(27)29-3/h8-10,12,14,16,18-19,22,25,28H,4-7,11,13,15H2,1-3H3/b9-8-,12-10+/t18-,19?,22?,23?/m0/s1. The fourth-order valence-corrected chi connectivity index (χ4v) is 3.36. The number of ketones is 1. The van der Waals surface area contributed by atoms with Crippen LogP contribution in [0.3, 0.4) is 0 Å². The van der Waals surface area contributed by atoms with Crippen LogP contribution in [0, 0.1) is 5.92 Å². The van der Waals surface area contributed by atoms with E-state index >= 15 is 0 Å². The molecule has 7 heteroatoms. The van der Waals surface area contributed by atoms with Gasteiger partial charge in [-0.25, -0.2) is 0 Å². The molecule has 3 unspecified atom stereocenters. The van der Waals surface area contributed by atoms with Crippen molar-refractivity contribution in [2.24, 2.45) is 5.92 Å². The summed E-state index contributed by atoms with van der Waals surface area (Å²) in [5.74, 6) is -2.40. The molecule has 0 bridgehead atoms. The molecule has 4 atom stereocenters. The molecule has 0 heterocycles. The van der Waals surface area contributed by atoms with Gasteiger partial charge in [-0.3, -0.25) is 14.4 Å². The van der Waals surface area contributed by atoms with Gasteiger partial charge in [0.2, 0.25) is 0 Å². The lowest BCUT2D eigenvalue weighted by molar-refractivity contribution is -0.147. The predicted octanol–water partition coefficient (Wildman–Crippen LogP) is 2.80. The van der Waals surface area contributed by atoms with Crippen LogP contribution < -0.4 is 0 Å². The van der Waals surface area contributed by atoms with Crippen LogP contribution in [0.2, 0.25) is 0 Å². The van der Waals surface area contributed by atoms with E-state index < -0.39 is 35.7 Å². The van der Waals surface area contributed by atoms with Crippen molar-refractivity contribution in [1.29, 1.82) is 0 Å². The predicted molar refractivity (Wildman–Crippen MR) is 112 cm³/mol. The second-order valence-corrected chi connectivity index (χ2v) is 7.51. The van der Waals surface area contributed by atoms with Crippen LogP contribution in [0.25, 0.3) is 0 Å². The highest BCUT2D eigenvalue weighted by Gasteiger charge is 2.45. The zero-order valence-corrected chi connectivity index (χ0v) is 18.1. The van der Waals surface area contributed by atoms with Gasteiger partial charge in [0.15, 0.2) is 5.78 Å². The zero-order valence-electron chi connectivity index (χ0n) is 18.1. The molecule has 0 aromatic heterocycles.